The first-order valence-corrected chi connectivity index (χ1v) is 8.54. The van der Waals surface area contributed by atoms with Crippen LogP contribution >= 0.6 is 0 Å². The van der Waals surface area contributed by atoms with Crippen LogP contribution in [-0.4, -0.2) is 41.7 Å². The summed E-state index contributed by atoms with van der Waals surface area (Å²) in [5.74, 6) is 0.162. The average molecular weight is 318 g/mol. The molecule has 1 fully saturated rings. The summed E-state index contributed by atoms with van der Waals surface area (Å²) in [5.41, 5.74) is 2.56. The van der Waals surface area contributed by atoms with Crippen LogP contribution in [0.2, 0.25) is 0 Å². The molecule has 2 rings (SSSR count). The van der Waals surface area contributed by atoms with E-state index in [9.17, 15) is 9.90 Å². The van der Waals surface area contributed by atoms with Crippen molar-refractivity contribution < 1.29 is 9.90 Å². The Labute approximate surface area is 139 Å². The number of aliphatic hydroxyl groups excluding tert-OH is 1. The molecular weight excluding hydrogens is 288 g/mol. The van der Waals surface area contributed by atoms with Gasteiger partial charge in [-0.2, -0.15) is 0 Å². The molecule has 1 heterocycles. The molecular formula is C19H30N2O2. The van der Waals surface area contributed by atoms with Crippen LogP contribution in [0.25, 0.3) is 0 Å². The maximum atomic E-state index is 11.7. The van der Waals surface area contributed by atoms with Crippen LogP contribution in [-0.2, 0) is 4.79 Å². The van der Waals surface area contributed by atoms with Crippen LogP contribution in [0.15, 0.2) is 24.3 Å². The van der Waals surface area contributed by atoms with Gasteiger partial charge in [-0.3, -0.25) is 4.79 Å². The minimum atomic E-state index is -0.536. The van der Waals surface area contributed by atoms with Crippen molar-refractivity contribution in [3.05, 3.63) is 35.4 Å². The number of nitrogens with one attached hydrogen (secondary N) is 1. The van der Waals surface area contributed by atoms with Gasteiger partial charge in [0.15, 0.2) is 0 Å². The van der Waals surface area contributed by atoms with Gasteiger partial charge in [-0.05, 0) is 29.9 Å². The van der Waals surface area contributed by atoms with E-state index in [1.807, 2.05) is 6.07 Å². The van der Waals surface area contributed by atoms with Gasteiger partial charge in [0.2, 0.25) is 5.91 Å². The summed E-state index contributed by atoms with van der Waals surface area (Å²) in [7, 11) is 0. The molecule has 0 aromatic heterocycles. The zero-order valence-electron chi connectivity index (χ0n) is 14.8. The lowest BCUT2D eigenvalue weighted by atomic mass is 9.81. The number of rotatable bonds is 6. The van der Waals surface area contributed by atoms with Crippen molar-refractivity contribution in [1.82, 2.24) is 10.2 Å². The van der Waals surface area contributed by atoms with Crippen LogP contribution in [0.3, 0.4) is 0 Å². The van der Waals surface area contributed by atoms with Crippen LogP contribution in [0, 0.1) is 12.3 Å². The molecule has 23 heavy (non-hydrogen) atoms. The highest BCUT2D eigenvalue weighted by Crippen LogP contribution is 2.34. The monoisotopic (exact) mass is 318 g/mol. The Morgan fingerprint density at radius 2 is 2.00 bits per heavy atom. The second kappa shape index (κ2) is 7.45. The third kappa shape index (κ3) is 4.79. The van der Waals surface area contributed by atoms with Crippen LogP contribution in [0.1, 0.15) is 50.8 Å². The molecule has 128 valence electrons. The number of amides is 1. The van der Waals surface area contributed by atoms with Gasteiger partial charge in [0, 0.05) is 32.1 Å². The molecule has 0 spiro atoms. The van der Waals surface area contributed by atoms with Gasteiger partial charge in [0.05, 0.1) is 6.10 Å². The van der Waals surface area contributed by atoms with Crippen molar-refractivity contribution in [2.75, 3.05) is 19.6 Å². The first-order chi connectivity index (χ1) is 10.8. The Balaban J connectivity index is 1.99. The Morgan fingerprint density at radius 1 is 1.30 bits per heavy atom. The van der Waals surface area contributed by atoms with Gasteiger partial charge >= 0.3 is 0 Å². The number of aryl methyl sites for hydroxylation is 1. The fourth-order valence-electron chi connectivity index (χ4n) is 3.26. The number of nitrogens with zero attached hydrogens (tertiary/aromatic N) is 1. The summed E-state index contributed by atoms with van der Waals surface area (Å²) in [6.45, 7) is 10.4. The molecule has 0 bridgehead atoms. The summed E-state index contributed by atoms with van der Waals surface area (Å²) in [4.78, 5) is 13.4. The topological polar surface area (TPSA) is 52.6 Å². The van der Waals surface area contributed by atoms with Crippen molar-refractivity contribution in [2.45, 2.75) is 52.7 Å². The number of likely N-dealkylation sites (tertiary alicyclic amines) is 1. The molecule has 0 saturated carbocycles. The van der Waals surface area contributed by atoms with E-state index in [1.54, 1.807) is 4.90 Å². The first-order valence-electron chi connectivity index (χ1n) is 8.54. The molecule has 2 unspecified atom stereocenters. The van der Waals surface area contributed by atoms with E-state index in [4.69, 9.17) is 0 Å². The first kappa shape index (κ1) is 18.0. The SMILES string of the molecule is Cc1ccccc1C(NCC(O)CN1CCCC1=O)C(C)(C)C. The maximum Gasteiger partial charge on any atom is 0.222 e. The molecule has 1 saturated heterocycles. The largest absolute Gasteiger partial charge is 0.390 e. The van der Waals surface area contributed by atoms with Gasteiger partial charge < -0.3 is 15.3 Å². The van der Waals surface area contributed by atoms with E-state index in [2.05, 4.69) is 51.2 Å². The highest BCUT2D eigenvalue weighted by molar-refractivity contribution is 5.78. The minimum absolute atomic E-state index is 0.0370. The smallest absolute Gasteiger partial charge is 0.222 e. The average Bonchev–Trinajstić information content (AvgIpc) is 2.85. The number of hydrogen-bond acceptors (Lipinski definition) is 3. The maximum absolute atomic E-state index is 11.7. The summed E-state index contributed by atoms with van der Waals surface area (Å²) >= 11 is 0. The van der Waals surface area contributed by atoms with Crippen molar-refractivity contribution >= 4 is 5.91 Å². The molecule has 2 atom stereocenters. The lowest BCUT2D eigenvalue weighted by Crippen LogP contribution is -2.42. The highest BCUT2D eigenvalue weighted by Gasteiger charge is 2.28. The standard InChI is InChI=1S/C19H30N2O2/c1-14-8-5-6-9-16(14)18(19(2,3)4)20-12-15(22)13-21-11-7-10-17(21)23/h5-6,8-9,15,18,20,22H,7,10-13H2,1-4H3. The van der Waals surface area contributed by atoms with Crippen LogP contribution in [0.4, 0.5) is 0 Å². The Bertz CT molecular complexity index is 536. The molecule has 1 aliphatic heterocycles. The molecule has 1 aromatic rings. The van der Waals surface area contributed by atoms with E-state index in [1.165, 1.54) is 11.1 Å². The summed E-state index contributed by atoms with van der Waals surface area (Å²) in [5, 5.41) is 13.8. The lowest BCUT2D eigenvalue weighted by molar-refractivity contribution is -0.128. The van der Waals surface area contributed by atoms with E-state index >= 15 is 0 Å². The number of hydrogen-bond donors (Lipinski definition) is 2. The van der Waals surface area contributed by atoms with Gasteiger partial charge in [0.25, 0.3) is 0 Å². The van der Waals surface area contributed by atoms with Gasteiger partial charge in [-0.25, -0.2) is 0 Å². The number of carbonyl (C=O) groups excluding carboxylic acids is 1. The zero-order valence-corrected chi connectivity index (χ0v) is 14.8. The second-order valence-corrected chi connectivity index (χ2v) is 7.66. The Kier molecular flexibility index (Phi) is 5.82. The third-order valence-electron chi connectivity index (χ3n) is 4.53. The molecule has 4 nitrogen and oxygen atoms in total. The van der Waals surface area contributed by atoms with Gasteiger partial charge in [-0.15, -0.1) is 0 Å². The molecule has 2 N–H and O–H groups in total. The van der Waals surface area contributed by atoms with E-state index in [-0.39, 0.29) is 17.4 Å². The lowest BCUT2D eigenvalue weighted by Gasteiger charge is -2.34. The van der Waals surface area contributed by atoms with Crippen molar-refractivity contribution in [1.29, 1.82) is 0 Å². The van der Waals surface area contributed by atoms with Crippen molar-refractivity contribution in [3.8, 4) is 0 Å². The van der Waals surface area contributed by atoms with Gasteiger partial charge in [0.1, 0.15) is 0 Å². The number of aliphatic hydroxyl groups is 1. The minimum Gasteiger partial charge on any atom is -0.390 e. The summed E-state index contributed by atoms with van der Waals surface area (Å²) < 4.78 is 0. The van der Waals surface area contributed by atoms with Crippen molar-refractivity contribution in [3.63, 3.8) is 0 Å². The van der Waals surface area contributed by atoms with E-state index < -0.39 is 6.10 Å². The zero-order chi connectivity index (χ0) is 17.0. The van der Waals surface area contributed by atoms with E-state index in [0.717, 1.165) is 13.0 Å². The summed E-state index contributed by atoms with van der Waals surface area (Å²) in [6.07, 6.45) is 0.992. The van der Waals surface area contributed by atoms with Crippen LogP contribution < -0.4 is 5.32 Å². The number of β-amino-alcohol motifs (C(OH)–C–C–N with tert-alkyl or cyclic N) is 1. The highest BCUT2D eigenvalue weighted by atomic mass is 16.3. The molecule has 1 amide bonds. The Morgan fingerprint density at radius 3 is 2.57 bits per heavy atom. The molecule has 1 aromatic carbocycles. The summed E-state index contributed by atoms with van der Waals surface area (Å²) in [6, 6.07) is 8.53. The molecule has 0 aliphatic carbocycles. The second-order valence-electron chi connectivity index (χ2n) is 7.66. The third-order valence-corrected chi connectivity index (χ3v) is 4.53. The number of carbonyl (C=O) groups is 1. The predicted octanol–water partition coefficient (Wildman–Crippen LogP) is 2.66. The fourth-order valence-corrected chi connectivity index (χ4v) is 3.26. The van der Waals surface area contributed by atoms with Gasteiger partial charge in [-0.1, -0.05) is 45.0 Å². The molecule has 4 heteroatoms. The van der Waals surface area contributed by atoms with E-state index in [0.29, 0.717) is 19.5 Å². The Hall–Kier alpha value is -1.39. The number of benzene rings is 1. The fraction of sp³-hybridized carbons (Fsp3) is 0.632. The predicted molar refractivity (Wildman–Crippen MR) is 93.2 cm³/mol. The quantitative estimate of drug-likeness (QED) is 0.848. The van der Waals surface area contributed by atoms with Crippen LogP contribution in [0.5, 0.6) is 0 Å². The molecule has 1 aliphatic rings. The van der Waals surface area contributed by atoms with Crippen molar-refractivity contribution in [2.24, 2.45) is 5.41 Å². The normalized spacial score (nSPS) is 18.3. The molecule has 0 radical (unpaired) electrons.